The van der Waals surface area contributed by atoms with E-state index in [2.05, 4.69) is 5.32 Å². The fourth-order valence-electron chi connectivity index (χ4n) is 2.88. The zero-order chi connectivity index (χ0) is 14.2. The van der Waals surface area contributed by atoms with Crippen LogP contribution in [-0.2, 0) is 4.79 Å². The molecule has 1 heterocycles. The summed E-state index contributed by atoms with van der Waals surface area (Å²) in [6.07, 6.45) is 11.4. The van der Waals surface area contributed by atoms with E-state index in [0.717, 1.165) is 12.8 Å². The molecule has 1 aromatic heterocycles. The maximum absolute atomic E-state index is 11.9. The van der Waals surface area contributed by atoms with Crippen LogP contribution < -0.4 is 5.32 Å². The number of rotatable bonds is 6. The standard InChI is InChI=1S/C16H23NO3/c18-11-10-15(13-5-2-1-3-6-13)17-16(19)9-8-14-7-4-12-20-14/h4,7-9,12-13,15,18H,1-3,5-6,10-11H2,(H,17,19)/b9-8+. The van der Waals surface area contributed by atoms with E-state index >= 15 is 0 Å². The Balaban J connectivity index is 1.88. The van der Waals surface area contributed by atoms with Gasteiger partial charge in [-0.25, -0.2) is 0 Å². The largest absolute Gasteiger partial charge is 0.465 e. The highest BCUT2D eigenvalue weighted by Crippen LogP contribution is 2.27. The summed E-state index contributed by atoms with van der Waals surface area (Å²) in [6, 6.07) is 3.67. The molecule has 1 aromatic rings. The van der Waals surface area contributed by atoms with E-state index in [-0.39, 0.29) is 18.6 Å². The van der Waals surface area contributed by atoms with Crippen LogP contribution in [0.3, 0.4) is 0 Å². The summed E-state index contributed by atoms with van der Waals surface area (Å²) in [7, 11) is 0. The van der Waals surface area contributed by atoms with Crippen molar-refractivity contribution in [2.45, 2.75) is 44.6 Å². The van der Waals surface area contributed by atoms with Crippen molar-refractivity contribution in [3.63, 3.8) is 0 Å². The summed E-state index contributed by atoms with van der Waals surface area (Å²) >= 11 is 0. The average molecular weight is 277 g/mol. The van der Waals surface area contributed by atoms with Crippen molar-refractivity contribution in [1.82, 2.24) is 5.32 Å². The normalized spacial score (nSPS) is 18.2. The number of carbonyl (C=O) groups is 1. The third-order valence-electron chi connectivity index (χ3n) is 3.93. The maximum atomic E-state index is 11.9. The Kier molecular flexibility index (Phi) is 5.87. The van der Waals surface area contributed by atoms with Gasteiger partial charge in [-0.3, -0.25) is 4.79 Å². The number of hydrogen-bond donors (Lipinski definition) is 2. The van der Waals surface area contributed by atoms with E-state index in [4.69, 9.17) is 4.42 Å². The molecule has 20 heavy (non-hydrogen) atoms. The van der Waals surface area contributed by atoms with Crippen LogP contribution in [-0.4, -0.2) is 23.7 Å². The maximum Gasteiger partial charge on any atom is 0.244 e. The van der Waals surface area contributed by atoms with Crippen LogP contribution in [0.2, 0.25) is 0 Å². The summed E-state index contributed by atoms with van der Waals surface area (Å²) in [4.78, 5) is 11.9. The number of carbonyl (C=O) groups excluding carboxylic acids is 1. The lowest BCUT2D eigenvalue weighted by Gasteiger charge is -2.30. The van der Waals surface area contributed by atoms with Gasteiger partial charge in [0, 0.05) is 18.7 Å². The Morgan fingerprint density at radius 3 is 2.90 bits per heavy atom. The number of furan rings is 1. The van der Waals surface area contributed by atoms with Gasteiger partial charge in [-0.2, -0.15) is 0 Å². The van der Waals surface area contributed by atoms with Gasteiger partial charge in [-0.15, -0.1) is 0 Å². The number of aliphatic hydroxyl groups is 1. The molecule has 0 radical (unpaired) electrons. The molecule has 0 bridgehead atoms. The summed E-state index contributed by atoms with van der Waals surface area (Å²) in [5.74, 6) is 1.04. The molecule has 4 heteroatoms. The van der Waals surface area contributed by atoms with E-state index in [0.29, 0.717) is 18.1 Å². The van der Waals surface area contributed by atoms with Crippen LogP contribution in [0.25, 0.3) is 6.08 Å². The van der Waals surface area contributed by atoms with E-state index in [9.17, 15) is 9.90 Å². The van der Waals surface area contributed by atoms with Gasteiger partial charge in [0.2, 0.25) is 5.91 Å². The monoisotopic (exact) mass is 277 g/mol. The minimum absolute atomic E-state index is 0.0778. The van der Waals surface area contributed by atoms with Gasteiger partial charge in [0.05, 0.1) is 6.26 Å². The van der Waals surface area contributed by atoms with Crippen molar-refractivity contribution >= 4 is 12.0 Å². The summed E-state index contributed by atoms with van der Waals surface area (Å²) in [6.45, 7) is 0.114. The molecule has 0 aromatic carbocycles. The second-order valence-corrected chi connectivity index (χ2v) is 5.37. The summed E-state index contributed by atoms with van der Waals surface area (Å²) in [5.41, 5.74) is 0. The Hall–Kier alpha value is -1.55. The smallest absolute Gasteiger partial charge is 0.244 e. The van der Waals surface area contributed by atoms with E-state index in [1.165, 1.54) is 25.3 Å². The molecule has 1 saturated carbocycles. The zero-order valence-electron chi connectivity index (χ0n) is 11.8. The lowest BCUT2D eigenvalue weighted by Crippen LogP contribution is -2.41. The van der Waals surface area contributed by atoms with Gasteiger partial charge in [-0.05, 0) is 43.4 Å². The lowest BCUT2D eigenvalue weighted by molar-refractivity contribution is -0.117. The van der Waals surface area contributed by atoms with Gasteiger partial charge in [0.1, 0.15) is 5.76 Å². The molecule has 1 fully saturated rings. The molecule has 1 aliphatic carbocycles. The first kappa shape index (κ1) is 14.9. The molecule has 4 nitrogen and oxygen atoms in total. The SMILES string of the molecule is O=C(/C=C/c1ccco1)NC(CCO)C1CCCCC1. The molecule has 0 aliphatic heterocycles. The van der Waals surface area contributed by atoms with E-state index in [1.807, 2.05) is 0 Å². The van der Waals surface area contributed by atoms with Crippen LogP contribution in [0.1, 0.15) is 44.3 Å². The second-order valence-electron chi connectivity index (χ2n) is 5.37. The highest BCUT2D eigenvalue weighted by Gasteiger charge is 2.24. The third kappa shape index (κ3) is 4.53. The lowest BCUT2D eigenvalue weighted by atomic mass is 9.82. The zero-order valence-corrected chi connectivity index (χ0v) is 11.8. The van der Waals surface area contributed by atoms with Crippen molar-refractivity contribution in [2.75, 3.05) is 6.61 Å². The predicted molar refractivity (Wildman–Crippen MR) is 78.0 cm³/mol. The first-order valence-corrected chi connectivity index (χ1v) is 7.42. The van der Waals surface area contributed by atoms with Crippen LogP contribution >= 0.6 is 0 Å². The molecule has 1 aliphatic rings. The van der Waals surface area contributed by atoms with Gasteiger partial charge in [-0.1, -0.05) is 19.3 Å². The molecule has 110 valence electrons. The van der Waals surface area contributed by atoms with Gasteiger partial charge in [0.25, 0.3) is 0 Å². The van der Waals surface area contributed by atoms with Crippen molar-refractivity contribution < 1.29 is 14.3 Å². The van der Waals surface area contributed by atoms with Crippen LogP contribution in [0.15, 0.2) is 28.9 Å². The Morgan fingerprint density at radius 2 is 2.25 bits per heavy atom. The van der Waals surface area contributed by atoms with E-state index in [1.54, 1.807) is 24.5 Å². The van der Waals surface area contributed by atoms with Crippen molar-refractivity contribution in [1.29, 1.82) is 0 Å². The number of aliphatic hydroxyl groups excluding tert-OH is 1. The van der Waals surface area contributed by atoms with Crippen molar-refractivity contribution in [3.8, 4) is 0 Å². The molecule has 1 amide bonds. The molecule has 0 saturated heterocycles. The van der Waals surface area contributed by atoms with Crippen molar-refractivity contribution in [2.24, 2.45) is 5.92 Å². The van der Waals surface area contributed by atoms with Crippen molar-refractivity contribution in [3.05, 3.63) is 30.2 Å². The van der Waals surface area contributed by atoms with E-state index < -0.39 is 0 Å². The van der Waals surface area contributed by atoms with Crippen LogP contribution in [0.5, 0.6) is 0 Å². The quantitative estimate of drug-likeness (QED) is 0.786. The summed E-state index contributed by atoms with van der Waals surface area (Å²) < 4.78 is 5.15. The molecular weight excluding hydrogens is 254 g/mol. The fraction of sp³-hybridized carbons (Fsp3) is 0.562. The molecule has 2 rings (SSSR count). The Morgan fingerprint density at radius 1 is 1.45 bits per heavy atom. The molecule has 0 spiro atoms. The number of amides is 1. The Labute approximate surface area is 119 Å². The second kappa shape index (κ2) is 7.90. The average Bonchev–Trinajstić information content (AvgIpc) is 2.99. The highest BCUT2D eigenvalue weighted by atomic mass is 16.3. The Bertz CT molecular complexity index is 419. The topological polar surface area (TPSA) is 62.5 Å². The van der Waals surface area contributed by atoms with Gasteiger partial charge >= 0.3 is 0 Å². The third-order valence-corrected chi connectivity index (χ3v) is 3.93. The number of nitrogens with one attached hydrogen (secondary N) is 1. The number of hydrogen-bond acceptors (Lipinski definition) is 3. The highest BCUT2D eigenvalue weighted by molar-refractivity contribution is 5.91. The first-order valence-electron chi connectivity index (χ1n) is 7.42. The predicted octanol–water partition coefficient (Wildman–Crippen LogP) is 2.74. The van der Waals surface area contributed by atoms with Gasteiger partial charge < -0.3 is 14.8 Å². The minimum atomic E-state index is -0.120. The van der Waals surface area contributed by atoms with Crippen LogP contribution in [0, 0.1) is 5.92 Å². The minimum Gasteiger partial charge on any atom is -0.465 e. The van der Waals surface area contributed by atoms with Crippen LogP contribution in [0.4, 0.5) is 0 Å². The fourth-order valence-corrected chi connectivity index (χ4v) is 2.88. The molecule has 1 atom stereocenters. The first-order chi connectivity index (χ1) is 9.79. The molecular formula is C16H23NO3. The summed E-state index contributed by atoms with van der Waals surface area (Å²) in [5, 5.41) is 12.2. The molecule has 2 N–H and O–H groups in total. The molecule has 1 unspecified atom stereocenters. The van der Waals surface area contributed by atoms with Gasteiger partial charge in [0.15, 0.2) is 0 Å².